The lowest BCUT2D eigenvalue weighted by atomic mass is 10.0. The third kappa shape index (κ3) is 2.91. The summed E-state index contributed by atoms with van der Waals surface area (Å²) in [6, 6.07) is 6.73. The van der Waals surface area contributed by atoms with Gasteiger partial charge in [0, 0.05) is 10.9 Å². The molecule has 21 heavy (non-hydrogen) atoms. The molecule has 0 fully saturated rings. The van der Waals surface area contributed by atoms with Crippen LogP contribution >= 0.6 is 0 Å². The van der Waals surface area contributed by atoms with Crippen LogP contribution in [-0.4, -0.2) is 25.0 Å². The van der Waals surface area contributed by atoms with Gasteiger partial charge in [-0.15, -0.1) is 0 Å². The van der Waals surface area contributed by atoms with Gasteiger partial charge in [0.25, 0.3) is 5.91 Å². The number of fused-ring (bicyclic) bond motifs is 1. The van der Waals surface area contributed by atoms with Gasteiger partial charge < -0.3 is 14.5 Å². The highest BCUT2D eigenvalue weighted by Crippen LogP contribution is 2.25. The number of furan rings is 1. The summed E-state index contributed by atoms with van der Waals surface area (Å²) < 4.78 is 10.3. The zero-order valence-electron chi connectivity index (χ0n) is 12.6. The molecule has 0 radical (unpaired) electrons. The summed E-state index contributed by atoms with van der Waals surface area (Å²) in [5.41, 5.74) is 1.41. The third-order valence-electron chi connectivity index (χ3n) is 3.46. The fourth-order valence-corrected chi connectivity index (χ4v) is 2.22. The number of benzene rings is 1. The maximum Gasteiger partial charge on any atom is 0.328 e. The van der Waals surface area contributed by atoms with E-state index < -0.39 is 17.9 Å². The molecule has 0 saturated carbocycles. The molecule has 0 aliphatic heterocycles. The number of para-hydroxylation sites is 1. The van der Waals surface area contributed by atoms with Gasteiger partial charge in [0.2, 0.25) is 0 Å². The largest absolute Gasteiger partial charge is 0.467 e. The molecule has 112 valence electrons. The van der Waals surface area contributed by atoms with Gasteiger partial charge in [0.05, 0.1) is 7.11 Å². The second-order valence-electron chi connectivity index (χ2n) is 5.27. The maximum atomic E-state index is 12.4. The number of carbonyl (C=O) groups excluding carboxylic acids is 2. The van der Waals surface area contributed by atoms with Gasteiger partial charge in [-0.3, -0.25) is 4.79 Å². The highest BCUT2D eigenvalue weighted by Gasteiger charge is 2.27. The number of ether oxygens (including phenoxy) is 1. The summed E-state index contributed by atoms with van der Waals surface area (Å²) in [6.07, 6.45) is 0. The summed E-state index contributed by atoms with van der Waals surface area (Å²) in [5, 5.41) is 3.57. The topological polar surface area (TPSA) is 68.5 Å². The minimum Gasteiger partial charge on any atom is -0.467 e. The first-order chi connectivity index (χ1) is 9.95. The molecule has 0 saturated heterocycles. The molecular weight excluding hydrogens is 270 g/mol. The van der Waals surface area contributed by atoms with Crippen LogP contribution in [0.1, 0.15) is 30.0 Å². The first kappa shape index (κ1) is 15.1. The molecule has 1 N–H and O–H groups in total. The molecule has 1 atom stereocenters. The Labute approximate surface area is 123 Å². The van der Waals surface area contributed by atoms with Crippen molar-refractivity contribution in [2.75, 3.05) is 7.11 Å². The predicted octanol–water partition coefficient (Wildman–Crippen LogP) is 2.67. The summed E-state index contributed by atoms with van der Waals surface area (Å²) in [4.78, 5) is 24.1. The van der Waals surface area contributed by atoms with E-state index in [1.165, 1.54) is 7.11 Å². The molecule has 5 nitrogen and oxygen atoms in total. The number of amides is 1. The van der Waals surface area contributed by atoms with E-state index in [4.69, 9.17) is 9.15 Å². The van der Waals surface area contributed by atoms with E-state index in [0.717, 1.165) is 10.9 Å². The van der Waals surface area contributed by atoms with Crippen molar-refractivity contribution in [1.82, 2.24) is 5.32 Å². The van der Waals surface area contributed by atoms with Crippen LogP contribution in [0.4, 0.5) is 0 Å². The van der Waals surface area contributed by atoms with Gasteiger partial charge in [0.15, 0.2) is 5.76 Å². The molecule has 1 amide bonds. The molecule has 2 rings (SSSR count). The maximum absolute atomic E-state index is 12.4. The number of nitrogens with one attached hydrogen (secondary N) is 1. The van der Waals surface area contributed by atoms with Crippen LogP contribution in [0.2, 0.25) is 0 Å². The second-order valence-corrected chi connectivity index (χ2v) is 5.27. The monoisotopic (exact) mass is 289 g/mol. The average Bonchev–Trinajstić information content (AvgIpc) is 2.81. The van der Waals surface area contributed by atoms with Crippen LogP contribution < -0.4 is 5.32 Å². The Balaban J connectivity index is 2.29. The fourth-order valence-electron chi connectivity index (χ4n) is 2.22. The van der Waals surface area contributed by atoms with Gasteiger partial charge in [-0.2, -0.15) is 0 Å². The molecular formula is C16H19NO4. The van der Waals surface area contributed by atoms with Gasteiger partial charge in [-0.1, -0.05) is 32.0 Å². The van der Waals surface area contributed by atoms with Crippen LogP contribution in [0.15, 0.2) is 28.7 Å². The Hall–Kier alpha value is -2.30. The van der Waals surface area contributed by atoms with Crippen molar-refractivity contribution < 1.29 is 18.7 Å². The van der Waals surface area contributed by atoms with Gasteiger partial charge in [-0.25, -0.2) is 4.79 Å². The van der Waals surface area contributed by atoms with Gasteiger partial charge >= 0.3 is 5.97 Å². The Kier molecular flexibility index (Phi) is 4.31. The lowest BCUT2D eigenvalue weighted by Gasteiger charge is -2.19. The fraction of sp³-hybridized carbons (Fsp3) is 0.375. The number of hydrogen-bond donors (Lipinski definition) is 1. The molecule has 5 heteroatoms. The number of rotatable bonds is 4. The van der Waals surface area contributed by atoms with E-state index in [2.05, 4.69) is 5.32 Å². The molecule has 1 heterocycles. The van der Waals surface area contributed by atoms with Crippen LogP contribution in [0.5, 0.6) is 0 Å². The number of carbonyl (C=O) groups is 2. The van der Waals surface area contributed by atoms with Crippen molar-refractivity contribution in [3.05, 3.63) is 35.6 Å². The van der Waals surface area contributed by atoms with E-state index >= 15 is 0 Å². The summed E-state index contributed by atoms with van der Waals surface area (Å²) in [6.45, 7) is 5.50. The molecule has 0 unspecified atom stereocenters. The Morgan fingerprint density at radius 3 is 2.48 bits per heavy atom. The number of aryl methyl sites for hydroxylation is 1. The van der Waals surface area contributed by atoms with Gasteiger partial charge in [-0.05, 0) is 18.9 Å². The van der Waals surface area contributed by atoms with E-state index in [9.17, 15) is 9.59 Å². The number of esters is 1. The van der Waals surface area contributed by atoms with Crippen molar-refractivity contribution >= 4 is 22.8 Å². The van der Waals surface area contributed by atoms with Crippen LogP contribution in [0.25, 0.3) is 11.0 Å². The first-order valence-corrected chi connectivity index (χ1v) is 6.82. The second kappa shape index (κ2) is 5.99. The van der Waals surface area contributed by atoms with Crippen LogP contribution in [-0.2, 0) is 9.53 Å². The lowest BCUT2D eigenvalue weighted by Crippen LogP contribution is -2.45. The zero-order chi connectivity index (χ0) is 15.6. The van der Waals surface area contributed by atoms with Crippen LogP contribution in [0.3, 0.4) is 0 Å². The molecule has 1 aromatic carbocycles. The van der Waals surface area contributed by atoms with Crippen molar-refractivity contribution in [3.8, 4) is 0 Å². The summed E-state index contributed by atoms with van der Waals surface area (Å²) in [7, 11) is 1.30. The normalized spacial score (nSPS) is 12.4. The SMILES string of the molecule is COC(=O)[C@@H](NC(=O)c1oc2ccccc2c1C)C(C)C. The molecule has 0 spiro atoms. The van der Waals surface area contributed by atoms with Gasteiger partial charge in [0.1, 0.15) is 11.6 Å². The first-order valence-electron chi connectivity index (χ1n) is 6.82. The van der Waals surface area contributed by atoms with E-state index in [0.29, 0.717) is 5.58 Å². The lowest BCUT2D eigenvalue weighted by molar-refractivity contribution is -0.144. The molecule has 0 aliphatic rings. The number of hydrogen-bond acceptors (Lipinski definition) is 4. The van der Waals surface area contributed by atoms with Crippen LogP contribution in [0, 0.1) is 12.8 Å². The van der Waals surface area contributed by atoms with Crippen molar-refractivity contribution in [3.63, 3.8) is 0 Å². The van der Waals surface area contributed by atoms with E-state index in [1.54, 1.807) is 6.07 Å². The zero-order valence-corrected chi connectivity index (χ0v) is 12.6. The smallest absolute Gasteiger partial charge is 0.328 e. The van der Waals surface area contributed by atoms with E-state index in [-0.39, 0.29) is 11.7 Å². The minimum atomic E-state index is -0.699. The van der Waals surface area contributed by atoms with Crippen molar-refractivity contribution in [2.45, 2.75) is 26.8 Å². The summed E-state index contributed by atoms with van der Waals surface area (Å²) in [5.74, 6) is -0.725. The Morgan fingerprint density at radius 2 is 1.90 bits per heavy atom. The molecule has 0 aliphatic carbocycles. The quantitative estimate of drug-likeness (QED) is 0.879. The third-order valence-corrected chi connectivity index (χ3v) is 3.46. The average molecular weight is 289 g/mol. The molecule has 1 aromatic heterocycles. The highest BCUT2D eigenvalue weighted by molar-refractivity contribution is 6.00. The van der Waals surface area contributed by atoms with Crippen molar-refractivity contribution in [1.29, 1.82) is 0 Å². The van der Waals surface area contributed by atoms with Crippen molar-refractivity contribution in [2.24, 2.45) is 5.92 Å². The highest BCUT2D eigenvalue weighted by atomic mass is 16.5. The predicted molar refractivity (Wildman–Crippen MR) is 79.1 cm³/mol. The molecule has 0 bridgehead atoms. The van der Waals surface area contributed by atoms with E-state index in [1.807, 2.05) is 39.0 Å². The minimum absolute atomic E-state index is 0.0777. The summed E-state index contributed by atoms with van der Waals surface area (Å²) >= 11 is 0. The Bertz CT molecular complexity index is 672. The standard InChI is InChI=1S/C16H19NO4/c1-9(2)13(16(19)20-4)17-15(18)14-10(3)11-7-5-6-8-12(11)21-14/h5-9,13H,1-4H3,(H,17,18)/t13-/m0/s1. The Morgan fingerprint density at radius 1 is 1.24 bits per heavy atom. The number of methoxy groups -OCH3 is 1. The molecule has 2 aromatic rings.